The molecule has 0 saturated heterocycles. The van der Waals surface area contributed by atoms with Crippen LogP contribution in [0, 0.1) is 16.2 Å². The standard InChI is InChI=1S/C24H34N2O3S/c1-21(2)11-17-12-23(5)14-22(3,4)15-24(27,16-23)20(17)19(13-21)25-26-30(28,29)18-9-7-6-8-10-18/h6-10,26-27H,11-16H2,1-5H3/t23-,24+/m0/s1. The van der Waals surface area contributed by atoms with Crippen molar-refractivity contribution in [3.63, 3.8) is 0 Å². The van der Waals surface area contributed by atoms with E-state index in [9.17, 15) is 13.5 Å². The van der Waals surface area contributed by atoms with Crippen molar-refractivity contribution in [3.8, 4) is 0 Å². The Labute approximate surface area is 180 Å². The molecule has 0 spiro atoms. The quantitative estimate of drug-likeness (QED) is 0.677. The van der Waals surface area contributed by atoms with Crippen LogP contribution in [0.25, 0.3) is 0 Å². The van der Waals surface area contributed by atoms with Gasteiger partial charge in [0, 0.05) is 5.57 Å². The second-order valence-corrected chi connectivity index (χ2v) is 13.3. The molecule has 3 aliphatic rings. The summed E-state index contributed by atoms with van der Waals surface area (Å²) in [5, 5.41) is 16.3. The first-order valence-electron chi connectivity index (χ1n) is 10.8. The zero-order valence-electron chi connectivity index (χ0n) is 18.7. The third kappa shape index (κ3) is 3.96. The summed E-state index contributed by atoms with van der Waals surface area (Å²) in [6.45, 7) is 11.1. The molecular formula is C24H34N2O3S. The molecule has 5 nitrogen and oxygen atoms in total. The van der Waals surface area contributed by atoms with E-state index in [1.807, 2.05) is 0 Å². The van der Waals surface area contributed by atoms with Crippen LogP contribution in [0.15, 0.2) is 51.5 Å². The van der Waals surface area contributed by atoms with Gasteiger partial charge in [0.15, 0.2) is 0 Å². The van der Waals surface area contributed by atoms with Crippen LogP contribution < -0.4 is 4.83 Å². The molecule has 1 aromatic rings. The van der Waals surface area contributed by atoms with Gasteiger partial charge in [0.1, 0.15) is 0 Å². The first-order chi connectivity index (χ1) is 13.7. The Kier molecular flexibility index (Phi) is 4.79. The Morgan fingerprint density at radius 2 is 1.57 bits per heavy atom. The summed E-state index contributed by atoms with van der Waals surface area (Å²) in [7, 11) is -3.75. The van der Waals surface area contributed by atoms with Crippen LogP contribution in [-0.2, 0) is 10.0 Å². The minimum Gasteiger partial charge on any atom is -0.385 e. The third-order valence-corrected chi connectivity index (χ3v) is 8.06. The fourth-order valence-electron chi connectivity index (χ4n) is 6.74. The van der Waals surface area contributed by atoms with Crippen LogP contribution in [0.4, 0.5) is 0 Å². The molecule has 1 saturated carbocycles. The summed E-state index contributed by atoms with van der Waals surface area (Å²) >= 11 is 0. The summed E-state index contributed by atoms with van der Waals surface area (Å²) in [6, 6.07) is 8.29. The molecule has 2 bridgehead atoms. The van der Waals surface area contributed by atoms with E-state index in [0.29, 0.717) is 25.0 Å². The molecule has 6 heteroatoms. The second-order valence-electron chi connectivity index (χ2n) is 11.7. The molecule has 0 unspecified atom stereocenters. The van der Waals surface area contributed by atoms with E-state index in [2.05, 4.69) is 44.6 Å². The number of nitrogens with one attached hydrogen (secondary N) is 1. The van der Waals surface area contributed by atoms with Crippen LogP contribution >= 0.6 is 0 Å². The molecule has 2 N–H and O–H groups in total. The van der Waals surface area contributed by atoms with Crippen molar-refractivity contribution < 1.29 is 13.5 Å². The van der Waals surface area contributed by atoms with Gasteiger partial charge in [-0.25, -0.2) is 0 Å². The molecule has 1 fully saturated rings. The minimum absolute atomic E-state index is 0.0241. The molecule has 0 radical (unpaired) electrons. The average Bonchev–Trinajstić information content (AvgIpc) is 2.56. The number of fused-ring (bicyclic) bond motifs is 3. The van der Waals surface area contributed by atoms with Crippen molar-refractivity contribution in [2.45, 2.75) is 83.6 Å². The Hall–Kier alpha value is -1.66. The van der Waals surface area contributed by atoms with Crippen molar-refractivity contribution in [2.24, 2.45) is 21.3 Å². The number of rotatable bonds is 3. The lowest BCUT2D eigenvalue weighted by Crippen LogP contribution is -2.54. The molecular weight excluding hydrogens is 396 g/mol. The van der Waals surface area contributed by atoms with E-state index >= 15 is 0 Å². The van der Waals surface area contributed by atoms with Gasteiger partial charge >= 0.3 is 0 Å². The van der Waals surface area contributed by atoms with Crippen molar-refractivity contribution >= 4 is 15.7 Å². The van der Waals surface area contributed by atoms with Gasteiger partial charge in [-0.15, -0.1) is 0 Å². The number of benzene rings is 1. The van der Waals surface area contributed by atoms with E-state index in [-0.39, 0.29) is 21.1 Å². The van der Waals surface area contributed by atoms with E-state index in [0.717, 1.165) is 24.8 Å². The maximum Gasteiger partial charge on any atom is 0.276 e. The van der Waals surface area contributed by atoms with Gasteiger partial charge in [-0.05, 0) is 66.9 Å². The number of hydrogen-bond acceptors (Lipinski definition) is 4. The largest absolute Gasteiger partial charge is 0.385 e. The number of allylic oxidation sites excluding steroid dienone is 1. The molecule has 4 rings (SSSR count). The first kappa shape index (κ1) is 21.6. The van der Waals surface area contributed by atoms with E-state index < -0.39 is 15.6 Å². The summed E-state index contributed by atoms with van der Waals surface area (Å²) in [5.74, 6) is 0. The normalized spacial score (nSPS) is 33.9. The topological polar surface area (TPSA) is 78.8 Å². The highest BCUT2D eigenvalue weighted by atomic mass is 32.2. The predicted octanol–water partition coefficient (Wildman–Crippen LogP) is 4.79. The average molecular weight is 431 g/mol. The summed E-state index contributed by atoms with van der Waals surface area (Å²) in [6.07, 6.45) is 4.99. The number of nitrogens with zero attached hydrogens (tertiary/aromatic N) is 1. The number of hydrogen-bond donors (Lipinski definition) is 2. The van der Waals surface area contributed by atoms with Gasteiger partial charge in [0.2, 0.25) is 0 Å². The monoisotopic (exact) mass is 430 g/mol. The van der Waals surface area contributed by atoms with E-state index in [1.165, 1.54) is 5.57 Å². The lowest BCUT2D eigenvalue weighted by Gasteiger charge is -2.57. The van der Waals surface area contributed by atoms with Crippen LogP contribution in [0.2, 0.25) is 0 Å². The molecule has 164 valence electrons. The van der Waals surface area contributed by atoms with E-state index in [1.54, 1.807) is 30.3 Å². The lowest BCUT2D eigenvalue weighted by molar-refractivity contribution is -0.0754. The molecule has 1 aromatic carbocycles. The Morgan fingerprint density at radius 1 is 0.900 bits per heavy atom. The van der Waals surface area contributed by atoms with Gasteiger partial charge in [0.25, 0.3) is 10.0 Å². The minimum atomic E-state index is -3.75. The number of hydrazone groups is 1. The smallest absolute Gasteiger partial charge is 0.276 e. The van der Waals surface area contributed by atoms with Gasteiger partial charge in [0.05, 0.1) is 16.2 Å². The maximum absolute atomic E-state index is 12.7. The molecule has 0 heterocycles. The molecule has 0 aromatic heterocycles. The predicted molar refractivity (Wildman–Crippen MR) is 120 cm³/mol. The molecule has 2 atom stereocenters. The number of aliphatic hydroxyl groups is 1. The summed E-state index contributed by atoms with van der Waals surface area (Å²) in [5.41, 5.74) is 1.99. The number of sulfonamides is 1. The SMILES string of the molecule is CC1(C)CC(=NNS(=O)(=O)c2ccccc2)C2=C(C1)C[C@@]1(C)CC(C)(C)C[C@@]2(O)C1. The molecule has 0 aliphatic heterocycles. The Balaban J connectivity index is 1.77. The third-order valence-electron chi connectivity index (χ3n) is 6.84. The zero-order valence-corrected chi connectivity index (χ0v) is 19.6. The lowest BCUT2D eigenvalue weighted by atomic mass is 9.49. The summed E-state index contributed by atoms with van der Waals surface area (Å²) < 4.78 is 25.5. The fourth-order valence-corrected chi connectivity index (χ4v) is 7.59. The maximum atomic E-state index is 12.7. The summed E-state index contributed by atoms with van der Waals surface area (Å²) in [4.78, 5) is 2.64. The Morgan fingerprint density at radius 3 is 2.23 bits per heavy atom. The van der Waals surface area contributed by atoms with Gasteiger partial charge in [-0.1, -0.05) is 58.4 Å². The van der Waals surface area contributed by atoms with Crippen molar-refractivity contribution in [1.29, 1.82) is 0 Å². The molecule has 0 amide bonds. The molecule has 30 heavy (non-hydrogen) atoms. The van der Waals surface area contributed by atoms with Crippen LogP contribution in [-0.4, -0.2) is 24.8 Å². The Bertz CT molecular complexity index is 1020. The van der Waals surface area contributed by atoms with Crippen molar-refractivity contribution in [1.82, 2.24) is 4.83 Å². The highest BCUT2D eigenvalue weighted by Crippen LogP contribution is 2.61. The highest BCUT2D eigenvalue weighted by Gasteiger charge is 2.56. The van der Waals surface area contributed by atoms with Crippen LogP contribution in [0.1, 0.15) is 73.1 Å². The first-order valence-corrected chi connectivity index (χ1v) is 12.3. The van der Waals surface area contributed by atoms with Crippen LogP contribution in [0.3, 0.4) is 0 Å². The molecule has 3 aliphatic carbocycles. The van der Waals surface area contributed by atoms with Crippen LogP contribution in [0.5, 0.6) is 0 Å². The van der Waals surface area contributed by atoms with Gasteiger partial charge in [-0.3, -0.25) is 0 Å². The van der Waals surface area contributed by atoms with Gasteiger partial charge in [-0.2, -0.15) is 18.4 Å². The van der Waals surface area contributed by atoms with Crippen molar-refractivity contribution in [2.75, 3.05) is 0 Å². The van der Waals surface area contributed by atoms with E-state index in [4.69, 9.17) is 0 Å². The highest BCUT2D eigenvalue weighted by molar-refractivity contribution is 7.89. The van der Waals surface area contributed by atoms with Gasteiger partial charge < -0.3 is 5.11 Å². The zero-order chi connectivity index (χ0) is 22.0. The second kappa shape index (κ2) is 6.67. The fraction of sp³-hybridized carbons (Fsp3) is 0.625. The van der Waals surface area contributed by atoms with Crippen molar-refractivity contribution in [3.05, 3.63) is 41.5 Å².